The first-order valence-corrected chi connectivity index (χ1v) is 6.96. The number of halogens is 1. The van der Waals surface area contributed by atoms with E-state index in [1.165, 1.54) is 0 Å². The zero-order valence-electron chi connectivity index (χ0n) is 11.2. The van der Waals surface area contributed by atoms with Crippen LogP contribution in [0.3, 0.4) is 0 Å². The van der Waals surface area contributed by atoms with Crippen molar-refractivity contribution in [3.05, 3.63) is 22.9 Å². The summed E-state index contributed by atoms with van der Waals surface area (Å²) in [7, 11) is 0. The summed E-state index contributed by atoms with van der Waals surface area (Å²) in [6, 6.07) is 1.92. The number of rotatable bonds is 5. The van der Waals surface area contributed by atoms with Crippen molar-refractivity contribution >= 4 is 27.8 Å². The molecular formula is C12H15BrN6O. The zero-order valence-corrected chi connectivity index (χ0v) is 12.8. The molecule has 0 aliphatic carbocycles. The van der Waals surface area contributed by atoms with Crippen LogP contribution in [0.4, 0.5) is 11.9 Å². The van der Waals surface area contributed by atoms with Gasteiger partial charge in [0.15, 0.2) is 5.75 Å². The van der Waals surface area contributed by atoms with Crippen LogP contribution in [0.2, 0.25) is 0 Å². The lowest BCUT2D eigenvalue weighted by Crippen LogP contribution is -2.25. The molecule has 20 heavy (non-hydrogen) atoms. The number of aromatic nitrogens is 4. The maximum Gasteiger partial charge on any atom is 0.328 e. The molecule has 7 nitrogen and oxygen atoms in total. The number of hydrogen-bond donors (Lipinski definition) is 1. The molecule has 0 saturated carbocycles. The average molecular weight is 339 g/mol. The van der Waals surface area contributed by atoms with Gasteiger partial charge < -0.3 is 15.4 Å². The first kappa shape index (κ1) is 14.4. The van der Waals surface area contributed by atoms with Crippen LogP contribution < -0.4 is 15.4 Å². The minimum absolute atomic E-state index is 0.125. The predicted molar refractivity (Wildman–Crippen MR) is 79.8 cm³/mol. The van der Waals surface area contributed by atoms with Crippen LogP contribution in [-0.2, 0) is 0 Å². The minimum atomic E-state index is 0.125. The number of nitrogens with zero attached hydrogens (tertiary/aromatic N) is 5. The Bertz CT molecular complexity index is 590. The molecule has 0 saturated heterocycles. The first-order chi connectivity index (χ1) is 9.62. The third kappa shape index (κ3) is 3.53. The predicted octanol–water partition coefficient (Wildman–Crippen LogP) is 2.25. The van der Waals surface area contributed by atoms with Gasteiger partial charge in [-0.05, 0) is 35.8 Å². The second kappa shape index (κ2) is 6.47. The van der Waals surface area contributed by atoms with Crippen molar-refractivity contribution < 1.29 is 4.74 Å². The third-order valence-corrected chi connectivity index (χ3v) is 2.99. The van der Waals surface area contributed by atoms with E-state index in [9.17, 15) is 0 Å². The lowest BCUT2D eigenvalue weighted by Gasteiger charge is -2.18. The van der Waals surface area contributed by atoms with E-state index in [-0.39, 0.29) is 12.0 Å². The molecule has 106 valence electrons. The second-order valence-electron chi connectivity index (χ2n) is 3.89. The standard InChI is InChI=1S/C12H15BrN6O/c1-3-19(4-2)11-16-10(14)17-12(18-11)20-9-5-8(13)6-15-7-9/h5-7H,3-4H2,1-2H3,(H2,14,16,17,18). The molecule has 0 aliphatic heterocycles. The fraction of sp³-hybridized carbons (Fsp3) is 0.333. The van der Waals surface area contributed by atoms with Crippen LogP contribution in [0.15, 0.2) is 22.9 Å². The van der Waals surface area contributed by atoms with E-state index in [1.54, 1.807) is 18.5 Å². The van der Waals surface area contributed by atoms with E-state index in [2.05, 4.69) is 35.9 Å². The largest absolute Gasteiger partial charge is 0.422 e. The van der Waals surface area contributed by atoms with Crippen LogP contribution in [0.5, 0.6) is 11.8 Å². The summed E-state index contributed by atoms with van der Waals surface area (Å²) in [6.07, 6.45) is 3.23. The Morgan fingerprint density at radius 1 is 1.20 bits per heavy atom. The lowest BCUT2D eigenvalue weighted by atomic mass is 10.5. The van der Waals surface area contributed by atoms with Crippen molar-refractivity contribution in [3.8, 4) is 11.8 Å². The van der Waals surface area contributed by atoms with E-state index in [4.69, 9.17) is 10.5 Å². The first-order valence-electron chi connectivity index (χ1n) is 6.17. The Morgan fingerprint density at radius 2 is 1.95 bits per heavy atom. The fourth-order valence-electron chi connectivity index (χ4n) is 1.61. The van der Waals surface area contributed by atoms with Gasteiger partial charge in [-0.2, -0.15) is 15.0 Å². The quantitative estimate of drug-likeness (QED) is 0.893. The summed E-state index contributed by atoms with van der Waals surface area (Å²) in [5, 5.41) is 0. The lowest BCUT2D eigenvalue weighted by molar-refractivity contribution is 0.438. The summed E-state index contributed by atoms with van der Waals surface area (Å²) in [5.74, 6) is 1.15. The monoisotopic (exact) mass is 338 g/mol. The van der Waals surface area contributed by atoms with Crippen LogP contribution in [-0.4, -0.2) is 33.0 Å². The summed E-state index contributed by atoms with van der Waals surface area (Å²) < 4.78 is 6.36. The van der Waals surface area contributed by atoms with Crippen molar-refractivity contribution in [3.63, 3.8) is 0 Å². The molecule has 0 bridgehead atoms. The van der Waals surface area contributed by atoms with Gasteiger partial charge in [0.05, 0.1) is 6.20 Å². The van der Waals surface area contributed by atoms with E-state index in [1.807, 2.05) is 18.7 Å². The van der Waals surface area contributed by atoms with Crippen LogP contribution in [0, 0.1) is 0 Å². The van der Waals surface area contributed by atoms with Crippen molar-refractivity contribution in [2.45, 2.75) is 13.8 Å². The van der Waals surface area contributed by atoms with Crippen LogP contribution in [0.25, 0.3) is 0 Å². The molecular weight excluding hydrogens is 324 g/mol. The molecule has 0 atom stereocenters. The average Bonchev–Trinajstić information content (AvgIpc) is 2.39. The topological polar surface area (TPSA) is 90.1 Å². The SMILES string of the molecule is CCN(CC)c1nc(N)nc(Oc2cncc(Br)c2)n1. The summed E-state index contributed by atoms with van der Waals surface area (Å²) >= 11 is 3.32. The number of nitrogen functional groups attached to an aromatic ring is 1. The highest BCUT2D eigenvalue weighted by Gasteiger charge is 2.11. The summed E-state index contributed by atoms with van der Waals surface area (Å²) in [5.41, 5.74) is 5.70. The molecule has 0 spiro atoms. The number of anilines is 2. The smallest absolute Gasteiger partial charge is 0.328 e. The van der Waals surface area contributed by atoms with Crippen LogP contribution in [0.1, 0.15) is 13.8 Å². The van der Waals surface area contributed by atoms with Crippen molar-refractivity contribution in [1.29, 1.82) is 0 Å². The van der Waals surface area contributed by atoms with E-state index >= 15 is 0 Å². The summed E-state index contributed by atoms with van der Waals surface area (Å²) in [6.45, 7) is 5.58. The molecule has 0 fully saturated rings. The van der Waals surface area contributed by atoms with Gasteiger partial charge in [0.2, 0.25) is 11.9 Å². The van der Waals surface area contributed by atoms with Gasteiger partial charge in [-0.25, -0.2) is 0 Å². The molecule has 0 aliphatic rings. The van der Waals surface area contributed by atoms with Gasteiger partial charge in [0, 0.05) is 23.8 Å². The normalized spacial score (nSPS) is 10.3. The molecule has 0 amide bonds. The number of ether oxygens (including phenoxy) is 1. The molecule has 2 N–H and O–H groups in total. The van der Waals surface area contributed by atoms with Crippen molar-refractivity contribution in [2.24, 2.45) is 0 Å². The Kier molecular flexibility index (Phi) is 4.67. The Labute approximate surface area is 125 Å². The molecule has 0 unspecified atom stereocenters. The highest BCUT2D eigenvalue weighted by molar-refractivity contribution is 9.10. The Hall–Kier alpha value is -1.96. The third-order valence-electron chi connectivity index (χ3n) is 2.56. The maximum atomic E-state index is 5.70. The van der Waals surface area contributed by atoms with Gasteiger partial charge in [-0.15, -0.1) is 0 Å². The molecule has 2 heterocycles. The van der Waals surface area contributed by atoms with Gasteiger partial charge in [-0.3, -0.25) is 4.98 Å². The zero-order chi connectivity index (χ0) is 14.5. The Balaban J connectivity index is 2.28. The fourth-order valence-corrected chi connectivity index (χ4v) is 1.95. The van der Waals surface area contributed by atoms with Gasteiger partial charge >= 0.3 is 6.01 Å². The summed E-state index contributed by atoms with van der Waals surface area (Å²) in [4.78, 5) is 18.3. The number of nitrogens with two attached hydrogens (primary N) is 1. The van der Waals surface area contributed by atoms with Crippen LogP contribution >= 0.6 is 15.9 Å². The molecule has 2 aromatic rings. The number of hydrogen-bond acceptors (Lipinski definition) is 7. The molecule has 2 rings (SSSR count). The maximum absolute atomic E-state index is 5.70. The minimum Gasteiger partial charge on any atom is -0.422 e. The highest BCUT2D eigenvalue weighted by Crippen LogP contribution is 2.22. The highest BCUT2D eigenvalue weighted by atomic mass is 79.9. The molecule has 0 aromatic carbocycles. The van der Waals surface area contributed by atoms with E-state index in [0.29, 0.717) is 11.7 Å². The van der Waals surface area contributed by atoms with Gasteiger partial charge in [0.1, 0.15) is 0 Å². The van der Waals surface area contributed by atoms with Gasteiger partial charge in [0.25, 0.3) is 0 Å². The van der Waals surface area contributed by atoms with Crippen molar-refractivity contribution in [2.75, 3.05) is 23.7 Å². The number of pyridine rings is 1. The van der Waals surface area contributed by atoms with Gasteiger partial charge in [-0.1, -0.05) is 0 Å². The molecule has 2 aromatic heterocycles. The van der Waals surface area contributed by atoms with E-state index in [0.717, 1.165) is 17.6 Å². The van der Waals surface area contributed by atoms with Crippen molar-refractivity contribution in [1.82, 2.24) is 19.9 Å². The Morgan fingerprint density at radius 3 is 2.60 bits per heavy atom. The molecule has 8 heteroatoms. The molecule has 0 radical (unpaired) electrons. The second-order valence-corrected chi connectivity index (χ2v) is 4.81. The van der Waals surface area contributed by atoms with E-state index < -0.39 is 0 Å².